The van der Waals surface area contributed by atoms with Gasteiger partial charge in [-0.25, -0.2) is 4.98 Å². The fraction of sp³-hybridized carbons (Fsp3) is 0.0714. The van der Waals surface area contributed by atoms with Crippen molar-refractivity contribution in [3.63, 3.8) is 0 Å². The first-order valence-electron chi connectivity index (χ1n) is 5.74. The van der Waals surface area contributed by atoms with Gasteiger partial charge in [0.25, 0.3) is 5.22 Å². The molecule has 0 fully saturated rings. The minimum Gasteiger partial charge on any atom is -0.431 e. The van der Waals surface area contributed by atoms with Crippen LogP contribution in [0.5, 0.6) is 0 Å². The number of hydrogen-bond acceptors (Lipinski definition) is 4. The van der Waals surface area contributed by atoms with Crippen LogP contribution in [0.1, 0.15) is 5.56 Å². The molecule has 5 heteroatoms. The highest BCUT2D eigenvalue weighted by Crippen LogP contribution is 2.29. The quantitative estimate of drug-likeness (QED) is 0.575. The first kappa shape index (κ1) is 12.4. The third-order valence-corrected chi connectivity index (χ3v) is 3.84. The molecule has 0 unspecified atom stereocenters. The highest BCUT2D eigenvalue weighted by molar-refractivity contribution is 7.98. The van der Waals surface area contributed by atoms with Crippen molar-refractivity contribution in [3.05, 3.63) is 53.1 Å². The molecule has 2 N–H and O–H groups in total. The number of halogens is 1. The van der Waals surface area contributed by atoms with Gasteiger partial charge < -0.3 is 10.2 Å². The molecule has 3 rings (SSSR count). The van der Waals surface area contributed by atoms with Crippen LogP contribution in [0, 0.1) is 0 Å². The normalized spacial score (nSPS) is 11.0. The van der Waals surface area contributed by atoms with E-state index in [-0.39, 0.29) is 0 Å². The number of hydrogen-bond donors (Lipinski definition) is 1. The van der Waals surface area contributed by atoms with Crippen LogP contribution in [0.2, 0.25) is 5.02 Å². The Labute approximate surface area is 119 Å². The number of aromatic nitrogens is 1. The predicted molar refractivity (Wildman–Crippen MR) is 79.4 cm³/mol. The molecule has 96 valence electrons. The van der Waals surface area contributed by atoms with E-state index >= 15 is 0 Å². The summed E-state index contributed by atoms with van der Waals surface area (Å²) in [6.07, 6.45) is 0. The van der Waals surface area contributed by atoms with Gasteiger partial charge in [-0.15, -0.1) is 0 Å². The van der Waals surface area contributed by atoms with E-state index in [1.165, 1.54) is 11.8 Å². The van der Waals surface area contributed by atoms with E-state index < -0.39 is 0 Å². The fourth-order valence-corrected chi connectivity index (χ4v) is 2.79. The molecule has 0 bridgehead atoms. The number of nitrogens with two attached hydrogens (primary N) is 1. The van der Waals surface area contributed by atoms with Crippen LogP contribution in [0.25, 0.3) is 11.1 Å². The van der Waals surface area contributed by atoms with Crippen molar-refractivity contribution in [1.29, 1.82) is 0 Å². The van der Waals surface area contributed by atoms with Crippen molar-refractivity contribution in [1.82, 2.24) is 4.98 Å². The van der Waals surface area contributed by atoms with Crippen molar-refractivity contribution in [2.45, 2.75) is 11.0 Å². The number of nitrogens with zero attached hydrogens (tertiary/aromatic N) is 1. The van der Waals surface area contributed by atoms with E-state index in [0.29, 0.717) is 16.0 Å². The minimum absolute atomic E-state index is 0.639. The Balaban J connectivity index is 1.80. The maximum Gasteiger partial charge on any atom is 0.257 e. The van der Waals surface area contributed by atoms with E-state index in [9.17, 15) is 0 Å². The van der Waals surface area contributed by atoms with E-state index in [1.807, 2.05) is 36.4 Å². The molecule has 0 spiro atoms. The van der Waals surface area contributed by atoms with Gasteiger partial charge in [0, 0.05) is 16.5 Å². The summed E-state index contributed by atoms with van der Waals surface area (Å²) in [7, 11) is 0. The Morgan fingerprint density at radius 1 is 1.21 bits per heavy atom. The number of anilines is 1. The molecular weight excluding hydrogens is 280 g/mol. The monoisotopic (exact) mass is 290 g/mol. The molecular formula is C14H11ClN2OS. The highest BCUT2D eigenvalue weighted by Gasteiger charge is 2.07. The zero-order valence-electron chi connectivity index (χ0n) is 9.97. The number of nitrogen functional groups attached to an aromatic ring is 1. The first-order valence-corrected chi connectivity index (χ1v) is 7.11. The lowest BCUT2D eigenvalue weighted by molar-refractivity contribution is 0.489. The topological polar surface area (TPSA) is 52.0 Å². The SMILES string of the molecule is Nc1ccc(Cl)cc1CSc1nc2ccccc2o1. The molecule has 3 nitrogen and oxygen atoms in total. The third kappa shape index (κ3) is 2.69. The Bertz CT molecular complexity index is 693. The summed E-state index contributed by atoms with van der Waals surface area (Å²) in [5.41, 5.74) is 9.28. The van der Waals surface area contributed by atoms with E-state index in [0.717, 1.165) is 22.4 Å². The highest BCUT2D eigenvalue weighted by atomic mass is 35.5. The summed E-state index contributed by atoms with van der Waals surface area (Å²) in [6.45, 7) is 0. The minimum atomic E-state index is 0.639. The predicted octanol–water partition coefficient (Wildman–Crippen LogP) is 4.36. The standard InChI is InChI=1S/C14H11ClN2OS/c15-10-5-6-11(16)9(7-10)8-19-14-17-12-3-1-2-4-13(12)18-14/h1-7H,8,16H2. The number of benzene rings is 2. The molecule has 0 aliphatic rings. The average molecular weight is 291 g/mol. The Hall–Kier alpha value is -1.65. The number of rotatable bonds is 3. The van der Waals surface area contributed by atoms with Crippen LogP contribution in [0.3, 0.4) is 0 Å². The molecule has 0 amide bonds. The van der Waals surface area contributed by atoms with Gasteiger partial charge >= 0.3 is 0 Å². The summed E-state index contributed by atoms with van der Waals surface area (Å²) in [5.74, 6) is 0.680. The largest absolute Gasteiger partial charge is 0.431 e. The molecule has 0 aliphatic carbocycles. The van der Waals surface area contributed by atoms with E-state index in [4.69, 9.17) is 21.8 Å². The summed E-state index contributed by atoms with van der Waals surface area (Å²) in [6, 6.07) is 13.2. The maximum absolute atomic E-state index is 5.96. The lowest BCUT2D eigenvalue weighted by atomic mass is 10.2. The van der Waals surface area contributed by atoms with Crippen molar-refractivity contribution in [2.75, 3.05) is 5.73 Å². The number of fused-ring (bicyclic) bond motifs is 1. The second-order valence-corrected chi connectivity index (χ2v) is 5.44. The van der Waals surface area contributed by atoms with Gasteiger partial charge in [0.15, 0.2) is 5.58 Å². The van der Waals surface area contributed by atoms with Gasteiger partial charge in [-0.3, -0.25) is 0 Å². The van der Waals surface area contributed by atoms with Gasteiger partial charge in [0.2, 0.25) is 0 Å². The molecule has 0 saturated carbocycles. The van der Waals surface area contributed by atoms with E-state index in [2.05, 4.69) is 4.98 Å². The van der Waals surface area contributed by atoms with Crippen molar-refractivity contribution >= 4 is 40.1 Å². The second kappa shape index (κ2) is 5.15. The zero-order chi connectivity index (χ0) is 13.2. The third-order valence-electron chi connectivity index (χ3n) is 2.73. The molecule has 2 aromatic carbocycles. The molecule has 1 aromatic heterocycles. The van der Waals surface area contributed by atoms with Gasteiger partial charge in [-0.2, -0.15) is 0 Å². The summed E-state index contributed by atoms with van der Waals surface area (Å²) < 4.78 is 5.64. The van der Waals surface area contributed by atoms with Crippen LogP contribution < -0.4 is 5.73 Å². The molecule has 3 aromatic rings. The van der Waals surface area contributed by atoms with Crippen molar-refractivity contribution in [2.24, 2.45) is 0 Å². The molecule has 0 radical (unpaired) electrons. The van der Waals surface area contributed by atoms with Crippen LogP contribution >= 0.6 is 23.4 Å². The molecule has 0 atom stereocenters. The molecule has 0 aliphatic heterocycles. The van der Waals surface area contributed by atoms with Gasteiger partial charge in [-0.05, 0) is 35.9 Å². The summed E-state index contributed by atoms with van der Waals surface area (Å²) in [4.78, 5) is 4.40. The molecule has 19 heavy (non-hydrogen) atoms. The molecule has 1 heterocycles. The average Bonchev–Trinajstić information content (AvgIpc) is 2.82. The lowest BCUT2D eigenvalue weighted by Gasteiger charge is -2.03. The van der Waals surface area contributed by atoms with Gasteiger partial charge in [0.1, 0.15) is 5.52 Å². The summed E-state index contributed by atoms with van der Waals surface area (Å²) in [5, 5.41) is 1.32. The Morgan fingerprint density at radius 2 is 2.05 bits per heavy atom. The van der Waals surface area contributed by atoms with Crippen molar-refractivity contribution < 1.29 is 4.42 Å². The lowest BCUT2D eigenvalue weighted by Crippen LogP contribution is -1.92. The first-order chi connectivity index (χ1) is 9.22. The van der Waals surface area contributed by atoms with Crippen LogP contribution in [-0.4, -0.2) is 4.98 Å². The molecule has 0 saturated heterocycles. The smallest absolute Gasteiger partial charge is 0.257 e. The zero-order valence-corrected chi connectivity index (χ0v) is 11.5. The van der Waals surface area contributed by atoms with E-state index in [1.54, 1.807) is 6.07 Å². The Morgan fingerprint density at radius 3 is 2.89 bits per heavy atom. The van der Waals surface area contributed by atoms with Gasteiger partial charge in [0.05, 0.1) is 0 Å². The fourth-order valence-electron chi connectivity index (χ4n) is 1.75. The summed E-state index contributed by atoms with van der Waals surface area (Å²) >= 11 is 7.46. The van der Waals surface area contributed by atoms with Gasteiger partial charge in [-0.1, -0.05) is 35.5 Å². The Kier molecular flexibility index (Phi) is 3.36. The second-order valence-electron chi connectivity index (χ2n) is 4.08. The van der Waals surface area contributed by atoms with Crippen LogP contribution in [-0.2, 0) is 5.75 Å². The van der Waals surface area contributed by atoms with Crippen molar-refractivity contribution in [3.8, 4) is 0 Å². The maximum atomic E-state index is 5.96. The van der Waals surface area contributed by atoms with Crippen LogP contribution in [0.15, 0.2) is 52.1 Å². The number of oxazole rings is 1. The number of para-hydroxylation sites is 2. The number of thioether (sulfide) groups is 1. The van der Waals surface area contributed by atoms with Crippen LogP contribution in [0.4, 0.5) is 5.69 Å².